The first-order valence-corrected chi connectivity index (χ1v) is 12.3. The molecule has 0 bridgehead atoms. The second kappa shape index (κ2) is 9.63. The van der Waals surface area contributed by atoms with Crippen LogP contribution in [0.5, 0.6) is 5.75 Å². The van der Waals surface area contributed by atoms with E-state index in [9.17, 15) is 14.7 Å². The summed E-state index contributed by atoms with van der Waals surface area (Å²) >= 11 is 0. The molecule has 6 heteroatoms. The number of carbonyl (C=O) groups is 2. The summed E-state index contributed by atoms with van der Waals surface area (Å²) in [5.41, 5.74) is 4.27. The second-order valence-corrected chi connectivity index (χ2v) is 9.79. The van der Waals surface area contributed by atoms with Gasteiger partial charge >= 0.3 is 0 Å². The largest absolute Gasteiger partial charge is 0.872 e. The number of hydrogen-bond donors (Lipinski definition) is 1. The van der Waals surface area contributed by atoms with Gasteiger partial charge in [-0.25, -0.2) is 0 Å². The molecular weight excluding hydrogens is 452 g/mol. The predicted molar refractivity (Wildman–Crippen MR) is 136 cm³/mol. The molecule has 1 fully saturated rings. The zero-order valence-corrected chi connectivity index (χ0v) is 20.8. The van der Waals surface area contributed by atoms with Crippen molar-refractivity contribution in [2.45, 2.75) is 31.9 Å². The first kappa shape index (κ1) is 23.8. The molecule has 0 spiro atoms. The van der Waals surface area contributed by atoms with Crippen LogP contribution in [0.3, 0.4) is 0 Å². The molecule has 1 N–H and O–H groups in total. The smallest absolute Gasteiger partial charge is 0.295 e. The van der Waals surface area contributed by atoms with Crippen molar-refractivity contribution < 1.29 is 24.3 Å². The van der Waals surface area contributed by atoms with Gasteiger partial charge in [-0.15, -0.1) is 0 Å². The lowest BCUT2D eigenvalue weighted by Crippen LogP contribution is -3.00. The predicted octanol–water partition coefficient (Wildman–Crippen LogP) is 2.25. The topological polar surface area (TPSA) is 74.1 Å². The van der Waals surface area contributed by atoms with E-state index in [2.05, 4.69) is 0 Å². The fourth-order valence-corrected chi connectivity index (χ4v) is 5.06. The van der Waals surface area contributed by atoms with E-state index >= 15 is 0 Å². The molecule has 184 valence electrons. The average Bonchev–Trinajstić information content (AvgIpc) is 3.38. The molecule has 6 nitrogen and oxygen atoms in total. The number of carbonyl (C=O) groups excluding carboxylic acids is 2. The molecule has 2 atom stereocenters. The quantitative estimate of drug-likeness (QED) is 0.332. The highest BCUT2D eigenvalue weighted by Crippen LogP contribution is 2.40. The highest BCUT2D eigenvalue weighted by Gasteiger charge is 2.44. The highest BCUT2D eigenvalue weighted by molar-refractivity contribution is 6.46. The van der Waals surface area contributed by atoms with E-state index in [4.69, 9.17) is 4.74 Å². The molecule has 2 heterocycles. The van der Waals surface area contributed by atoms with E-state index in [-0.39, 0.29) is 11.7 Å². The lowest BCUT2D eigenvalue weighted by Gasteiger charge is -2.28. The fourth-order valence-electron chi connectivity index (χ4n) is 5.06. The number of Topliss-reactive ketones (excluding diaryl/α,β-unsaturated/α-hetero) is 1. The van der Waals surface area contributed by atoms with E-state index in [0.717, 1.165) is 33.0 Å². The summed E-state index contributed by atoms with van der Waals surface area (Å²) in [6, 6.07) is 22.2. The van der Waals surface area contributed by atoms with Crippen molar-refractivity contribution in [1.29, 1.82) is 0 Å². The number of ketones is 1. The summed E-state index contributed by atoms with van der Waals surface area (Å²) < 4.78 is 5.77. The number of ether oxygens (including phenoxy) is 1. The summed E-state index contributed by atoms with van der Waals surface area (Å²) in [6.45, 7) is 2.32. The van der Waals surface area contributed by atoms with E-state index in [1.54, 1.807) is 23.1 Å². The Labute approximate surface area is 211 Å². The Hall–Kier alpha value is -3.90. The SMILES string of the molecule is CC1Cc2cc(/C([O-])=C3\C(=O)C(=O)N(CCc4ccccc4)C3c3ccc([NH+](C)C)cc3)ccc2O1. The van der Waals surface area contributed by atoms with Crippen LogP contribution in [0.2, 0.25) is 0 Å². The van der Waals surface area contributed by atoms with E-state index < -0.39 is 23.5 Å². The van der Waals surface area contributed by atoms with Gasteiger partial charge in [0.2, 0.25) is 5.78 Å². The first-order chi connectivity index (χ1) is 17.3. The van der Waals surface area contributed by atoms with Crippen LogP contribution in [0.1, 0.15) is 35.2 Å². The van der Waals surface area contributed by atoms with Gasteiger partial charge in [-0.05, 0) is 59.9 Å². The molecule has 0 aromatic heterocycles. The average molecular weight is 483 g/mol. The van der Waals surface area contributed by atoms with Crippen molar-refractivity contribution in [2.75, 3.05) is 20.6 Å². The first-order valence-electron chi connectivity index (χ1n) is 12.3. The van der Waals surface area contributed by atoms with Crippen LogP contribution in [-0.2, 0) is 22.4 Å². The van der Waals surface area contributed by atoms with Crippen LogP contribution in [0.25, 0.3) is 5.76 Å². The third-order valence-electron chi connectivity index (χ3n) is 6.98. The molecule has 2 aliphatic heterocycles. The Morgan fingerprint density at radius 3 is 2.44 bits per heavy atom. The van der Waals surface area contributed by atoms with Gasteiger partial charge in [-0.3, -0.25) is 9.59 Å². The van der Waals surface area contributed by atoms with Gasteiger partial charge in [0.25, 0.3) is 5.91 Å². The number of fused-ring (bicyclic) bond motifs is 1. The van der Waals surface area contributed by atoms with Gasteiger partial charge < -0.3 is 19.6 Å². The van der Waals surface area contributed by atoms with Crippen molar-refractivity contribution in [2.24, 2.45) is 0 Å². The van der Waals surface area contributed by atoms with Crippen molar-refractivity contribution in [3.63, 3.8) is 0 Å². The normalized spacial score (nSPS) is 20.6. The van der Waals surface area contributed by atoms with Crippen molar-refractivity contribution in [3.8, 4) is 5.75 Å². The number of amides is 1. The fraction of sp³-hybridized carbons (Fsp3) is 0.267. The minimum Gasteiger partial charge on any atom is -0.872 e. The maximum absolute atomic E-state index is 13.8. The Bertz CT molecular complexity index is 1330. The van der Waals surface area contributed by atoms with Crippen molar-refractivity contribution in [1.82, 2.24) is 4.90 Å². The lowest BCUT2D eigenvalue weighted by atomic mass is 9.94. The molecule has 36 heavy (non-hydrogen) atoms. The summed E-state index contributed by atoms with van der Waals surface area (Å²) in [5.74, 6) is -0.976. The number of hydrogen-bond acceptors (Lipinski definition) is 4. The number of rotatable bonds is 6. The Kier molecular flexibility index (Phi) is 6.37. The van der Waals surface area contributed by atoms with Gasteiger partial charge in [-0.2, -0.15) is 0 Å². The van der Waals surface area contributed by atoms with Gasteiger partial charge in [0.1, 0.15) is 17.5 Å². The second-order valence-electron chi connectivity index (χ2n) is 9.79. The van der Waals surface area contributed by atoms with Gasteiger partial charge in [0.15, 0.2) is 0 Å². The monoisotopic (exact) mass is 482 g/mol. The lowest BCUT2D eigenvalue weighted by molar-refractivity contribution is -0.786. The van der Waals surface area contributed by atoms with E-state index in [0.29, 0.717) is 24.9 Å². The number of quaternary nitrogens is 1. The number of benzene rings is 3. The zero-order chi connectivity index (χ0) is 25.4. The van der Waals surface area contributed by atoms with Gasteiger partial charge in [0.05, 0.1) is 20.1 Å². The Balaban J connectivity index is 1.57. The van der Waals surface area contributed by atoms with Crippen LogP contribution in [0.4, 0.5) is 5.69 Å². The molecule has 1 amide bonds. The minimum absolute atomic E-state index is 0.0184. The Morgan fingerprint density at radius 1 is 1.03 bits per heavy atom. The molecule has 3 aromatic carbocycles. The Morgan fingerprint density at radius 2 is 1.75 bits per heavy atom. The van der Waals surface area contributed by atoms with Crippen molar-refractivity contribution in [3.05, 3.63) is 101 Å². The summed E-state index contributed by atoms with van der Waals surface area (Å²) in [6.07, 6.45) is 1.34. The van der Waals surface area contributed by atoms with Crippen LogP contribution >= 0.6 is 0 Å². The maximum atomic E-state index is 13.8. The molecule has 0 radical (unpaired) electrons. The summed E-state index contributed by atoms with van der Waals surface area (Å²) in [7, 11) is 4.06. The highest BCUT2D eigenvalue weighted by atomic mass is 16.5. The van der Waals surface area contributed by atoms with Crippen LogP contribution in [0, 0.1) is 0 Å². The van der Waals surface area contributed by atoms with Gasteiger partial charge in [0, 0.05) is 18.5 Å². The third kappa shape index (κ3) is 4.40. The van der Waals surface area contributed by atoms with Crippen molar-refractivity contribution >= 4 is 23.1 Å². The minimum atomic E-state index is -0.726. The molecule has 1 saturated heterocycles. The molecule has 2 unspecified atom stereocenters. The molecule has 0 aliphatic carbocycles. The van der Waals surface area contributed by atoms with E-state index in [1.165, 1.54) is 0 Å². The molecule has 2 aliphatic rings. The van der Waals surface area contributed by atoms with Gasteiger partial charge in [-0.1, -0.05) is 54.3 Å². The molecule has 5 rings (SSSR count). The van der Waals surface area contributed by atoms with Crippen LogP contribution in [0.15, 0.2) is 78.4 Å². The number of nitrogens with zero attached hydrogens (tertiary/aromatic N) is 1. The van der Waals surface area contributed by atoms with E-state index in [1.807, 2.05) is 75.6 Å². The zero-order valence-electron chi connectivity index (χ0n) is 20.8. The molecular formula is C30H30N2O4. The van der Waals surface area contributed by atoms with Crippen LogP contribution in [-0.4, -0.2) is 43.3 Å². The maximum Gasteiger partial charge on any atom is 0.295 e. The molecule has 0 saturated carbocycles. The summed E-state index contributed by atoms with van der Waals surface area (Å²) in [5, 5.41) is 13.8. The standard InChI is InChI=1S/C30H30N2O4/c1-19-17-23-18-22(11-14-25(23)36-19)28(33)26-27(21-9-12-24(13-10-21)31(2)3)32(30(35)29(26)34)16-15-20-7-5-4-6-8-20/h4-14,18-19,27,33H,15-17H2,1-3H3/b28-26+. The third-order valence-corrected chi connectivity index (χ3v) is 6.98. The van der Waals surface area contributed by atoms with Crippen LogP contribution < -0.4 is 14.7 Å². The number of nitrogens with one attached hydrogen (secondary N) is 1. The summed E-state index contributed by atoms with van der Waals surface area (Å²) in [4.78, 5) is 29.3. The number of likely N-dealkylation sites (tertiary alicyclic amines) is 1. The molecule has 3 aromatic rings.